The number of esters is 1. The number of benzene rings is 2. The first-order valence-electron chi connectivity index (χ1n) is 12.1. The summed E-state index contributed by atoms with van der Waals surface area (Å²) >= 11 is 5.70. The summed E-state index contributed by atoms with van der Waals surface area (Å²) < 4.78 is 4.70. The number of carbonyl (C=O) groups is 3. The number of hydrogen-bond acceptors (Lipinski definition) is 5. The molecule has 1 atom stereocenters. The van der Waals surface area contributed by atoms with Gasteiger partial charge >= 0.3 is 5.97 Å². The van der Waals surface area contributed by atoms with Gasteiger partial charge in [0.1, 0.15) is 6.04 Å². The Kier molecular flexibility index (Phi) is 9.78. The number of nitrogens with zero attached hydrogens (tertiary/aromatic N) is 2. The largest absolute Gasteiger partial charge is 0.465 e. The van der Waals surface area contributed by atoms with Crippen LogP contribution in [0.25, 0.3) is 0 Å². The lowest BCUT2D eigenvalue weighted by atomic mass is 10.1. The molecule has 1 saturated heterocycles. The maximum atomic E-state index is 13.4. The maximum absolute atomic E-state index is 13.4. The lowest BCUT2D eigenvalue weighted by molar-refractivity contribution is -0.131. The molecule has 0 radical (unpaired) electrons. The van der Waals surface area contributed by atoms with Crippen molar-refractivity contribution in [2.45, 2.75) is 58.0 Å². The van der Waals surface area contributed by atoms with Crippen LogP contribution in [0.15, 0.2) is 54.6 Å². The molecule has 2 aromatic carbocycles. The third kappa shape index (κ3) is 7.11. The SMILES string of the molecule is CCCCCCCN1C(=S)N(Cc2ccccc2)C(=O)[C@@H]1CC(=O)Nc1ccc(C(=O)OC)cc1. The van der Waals surface area contributed by atoms with Crippen LogP contribution in [0.1, 0.15) is 61.4 Å². The lowest BCUT2D eigenvalue weighted by Crippen LogP contribution is -2.38. The zero-order valence-electron chi connectivity index (χ0n) is 20.4. The lowest BCUT2D eigenvalue weighted by Gasteiger charge is -2.24. The molecule has 2 amide bonds. The maximum Gasteiger partial charge on any atom is 0.337 e. The molecule has 1 aliphatic rings. The number of amides is 2. The number of thiocarbonyl (C=S) groups is 1. The fourth-order valence-corrected chi connectivity index (χ4v) is 4.51. The summed E-state index contributed by atoms with van der Waals surface area (Å²) in [6.07, 6.45) is 5.47. The van der Waals surface area contributed by atoms with Crippen LogP contribution in [0.2, 0.25) is 0 Å². The number of methoxy groups -OCH3 is 1. The van der Waals surface area contributed by atoms with Crippen LogP contribution < -0.4 is 5.32 Å². The van der Waals surface area contributed by atoms with Gasteiger partial charge in [-0.2, -0.15) is 0 Å². The Morgan fingerprint density at radius 3 is 2.34 bits per heavy atom. The first-order chi connectivity index (χ1) is 16.9. The van der Waals surface area contributed by atoms with Gasteiger partial charge in [0.05, 0.1) is 25.6 Å². The van der Waals surface area contributed by atoms with Gasteiger partial charge in [0, 0.05) is 12.2 Å². The minimum atomic E-state index is -0.633. The van der Waals surface area contributed by atoms with Crippen LogP contribution in [0.4, 0.5) is 5.69 Å². The molecule has 1 fully saturated rings. The second-order valence-corrected chi connectivity index (χ2v) is 9.00. The molecule has 35 heavy (non-hydrogen) atoms. The van der Waals surface area contributed by atoms with Gasteiger partial charge in [-0.25, -0.2) is 4.79 Å². The average molecular weight is 496 g/mol. The summed E-state index contributed by atoms with van der Waals surface area (Å²) in [7, 11) is 1.32. The Hall–Kier alpha value is -3.26. The van der Waals surface area contributed by atoms with E-state index in [1.54, 1.807) is 29.2 Å². The summed E-state index contributed by atoms with van der Waals surface area (Å²) in [5, 5.41) is 3.31. The molecule has 7 nitrogen and oxygen atoms in total. The topological polar surface area (TPSA) is 79.0 Å². The molecule has 1 N–H and O–H groups in total. The Labute approximate surface area is 212 Å². The number of carbonyl (C=O) groups excluding carboxylic acids is 3. The quantitative estimate of drug-likeness (QED) is 0.260. The van der Waals surface area contributed by atoms with Crippen molar-refractivity contribution in [2.24, 2.45) is 0 Å². The summed E-state index contributed by atoms with van der Waals surface area (Å²) in [4.78, 5) is 41.4. The molecule has 186 valence electrons. The molecule has 2 aromatic rings. The van der Waals surface area contributed by atoms with E-state index < -0.39 is 12.0 Å². The predicted octanol–water partition coefficient (Wildman–Crippen LogP) is 4.77. The van der Waals surface area contributed by atoms with Crippen LogP contribution >= 0.6 is 12.2 Å². The monoisotopic (exact) mass is 495 g/mol. The minimum Gasteiger partial charge on any atom is -0.465 e. The molecule has 1 heterocycles. The van der Waals surface area contributed by atoms with Crippen LogP contribution in [-0.4, -0.2) is 52.4 Å². The Bertz CT molecular complexity index is 1030. The number of rotatable bonds is 12. The summed E-state index contributed by atoms with van der Waals surface area (Å²) in [5.41, 5.74) is 1.93. The third-order valence-corrected chi connectivity index (χ3v) is 6.51. The smallest absolute Gasteiger partial charge is 0.337 e. The van der Waals surface area contributed by atoms with E-state index in [9.17, 15) is 14.4 Å². The van der Waals surface area contributed by atoms with E-state index in [0.717, 1.165) is 31.2 Å². The Morgan fingerprint density at radius 2 is 1.69 bits per heavy atom. The second-order valence-electron chi connectivity index (χ2n) is 8.64. The predicted molar refractivity (Wildman–Crippen MR) is 140 cm³/mol. The number of nitrogens with one attached hydrogen (secondary N) is 1. The van der Waals surface area contributed by atoms with Crippen LogP contribution in [0.5, 0.6) is 0 Å². The number of ether oxygens (including phenoxy) is 1. The molecular weight excluding hydrogens is 462 g/mol. The van der Waals surface area contributed by atoms with E-state index in [1.165, 1.54) is 13.5 Å². The fourth-order valence-electron chi connectivity index (χ4n) is 4.14. The molecule has 8 heteroatoms. The van der Waals surface area contributed by atoms with Crippen molar-refractivity contribution in [3.63, 3.8) is 0 Å². The van der Waals surface area contributed by atoms with Crippen molar-refractivity contribution < 1.29 is 19.1 Å². The molecule has 0 unspecified atom stereocenters. The van der Waals surface area contributed by atoms with E-state index in [1.807, 2.05) is 35.2 Å². The highest BCUT2D eigenvalue weighted by Gasteiger charge is 2.42. The van der Waals surface area contributed by atoms with Crippen molar-refractivity contribution in [3.8, 4) is 0 Å². The van der Waals surface area contributed by atoms with Crippen molar-refractivity contribution in [2.75, 3.05) is 19.0 Å². The third-order valence-electron chi connectivity index (χ3n) is 6.06. The molecule has 0 aromatic heterocycles. The van der Waals surface area contributed by atoms with Gasteiger partial charge in [-0.3, -0.25) is 14.5 Å². The average Bonchev–Trinajstić information content (AvgIpc) is 3.08. The van der Waals surface area contributed by atoms with E-state index in [-0.39, 0.29) is 18.2 Å². The van der Waals surface area contributed by atoms with Gasteiger partial charge < -0.3 is 15.0 Å². The first-order valence-corrected chi connectivity index (χ1v) is 12.5. The zero-order valence-corrected chi connectivity index (χ0v) is 21.2. The van der Waals surface area contributed by atoms with Gasteiger partial charge in [-0.15, -0.1) is 0 Å². The van der Waals surface area contributed by atoms with E-state index in [2.05, 4.69) is 12.2 Å². The summed E-state index contributed by atoms with van der Waals surface area (Å²) in [6, 6.07) is 15.5. The van der Waals surface area contributed by atoms with Crippen molar-refractivity contribution in [1.82, 2.24) is 9.80 Å². The highest BCUT2D eigenvalue weighted by atomic mass is 32.1. The zero-order chi connectivity index (χ0) is 25.2. The second kappa shape index (κ2) is 13.0. The fraction of sp³-hybridized carbons (Fsp3) is 0.407. The van der Waals surface area contributed by atoms with E-state index >= 15 is 0 Å². The van der Waals surface area contributed by atoms with Gasteiger partial charge in [-0.1, -0.05) is 62.9 Å². The van der Waals surface area contributed by atoms with Gasteiger partial charge in [0.15, 0.2) is 5.11 Å². The van der Waals surface area contributed by atoms with Crippen LogP contribution in [0, 0.1) is 0 Å². The normalized spacial score (nSPS) is 15.4. The van der Waals surface area contributed by atoms with E-state index in [4.69, 9.17) is 17.0 Å². The van der Waals surface area contributed by atoms with Crippen molar-refractivity contribution in [1.29, 1.82) is 0 Å². The first kappa shape index (κ1) is 26.3. The van der Waals surface area contributed by atoms with Crippen LogP contribution in [-0.2, 0) is 20.9 Å². The summed E-state index contributed by atoms with van der Waals surface area (Å²) in [6.45, 7) is 3.21. The molecular formula is C27H33N3O4S. The van der Waals surface area contributed by atoms with Crippen molar-refractivity contribution >= 4 is 40.8 Å². The molecule has 0 bridgehead atoms. The molecule has 1 aliphatic heterocycles. The number of anilines is 1. The van der Waals surface area contributed by atoms with E-state index in [0.29, 0.717) is 29.5 Å². The molecule has 0 spiro atoms. The van der Waals surface area contributed by atoms with Crippen LogP contribution in [0.3, 0.4) is 0 Å². The highest BCUT2D eigenvalue weighted by Crippen LogP contribution is 2.24. The minimum absolute atomic E-state index is 0.00201. The van der Waals surface area contributed by atoms with Crippen molar-refractivity contribution in [3.05, 3.63) is 65.7 Å². The Balaban J connectivity index is 1.68. The molecule has 3 rings (SSSR count). The number of hydrogen-bond donors (Lipinski definition) is 1. The molecule has 0 aliphatic carbocycles. The summed E-state index contributed by atoms with van der Waals surface area (Å²) in [5.74, 6) is -0.876. The van der Waals surface area contributed by atoms with Gasteiger partial charge in [0.25, 0.3) is 5.91 Å². The number of unbranched alkanes of at least 4 members (excludes halogenated alkanes) is 4. The van der Waals surface area contributed by atoms with Gasteiger partial charge in [-0.05, 0) is 48.5 Å². The Morgan fingerprint density at radius 1 is 1.00 bits per heavy atom. The molecule has 0 saturated carbocycles. The van der Waals surface area contributed by atoms with Gasteiger partial charge in [0.2, 0.25) is 5.91 Å². The standard InChI is InChI=1S/C27H33N3O4S/c1-3-4-5-6-10-17-29-23(25(32)30(27(29)35)19-20-11-8-7-9-12-20)18-24(31)28-22-15-13-21(14-16-22)26(33)34-2/h7-9,11-16,23H,3-6,10,17-19H2,1-2H3,(H,28,31)/t23-/m0/s1. The highest BCUT2D eigenvalue weighted by molar-refractivity contribution is 7.80.